The maximum absolute atomic E-state index is 12.0. The smallest absolute Gasteiger partial charge is 0.275 e. The third kappa shape index (κ3) is 2.15. The van der Waals surface area contributed by atoms with Gasteiger partial charge in [0.25, 0.3) is 5.91 Å². The summed E-state index contributed by atoms with van der Waals surface area (Å²) in [5, 5.41) is 4.03. The SMILES string of the molecule is O=C1CN(NC(=O)c2cc3ccccc3s2)C(=O)N1. The van der Waals surface area contributed by atoms with Crippen molar-refractivity contribution in [3.63, 3.8) is 0 Å². The summed E-state index contributed by atoms with van der Waals surface area (Å²) >= 11 is 1.34. The van der Waals surface area contributed by atoms with Crippen LogP contribution < -0.4 is 10.7 Å². The Bertz CT molecular complexity index is 661. The monoisotopic (exact) mass is 275 g/mol. The van der Waals surface area contributed by atoms with Crippen LogP contribution in [0, 0.1) is 0 Å². The lowest BCUT2D eigenvalue weighted by Gasteiger charge is -2.13. The van der Waals surface area contributed by atoms with Crippen LogP contribution in [-0.4, -0.2) is 29.4 Å². The van der Waals surface area contributed by atoms with E-state index in [1.54, 1.807) is 6.07 Å². The molecular weight excluding hydrogens is 266 g/mol. The van der Waals surface area contributed by atoms with Gasteiger partial charge >= 0.3 is 6.03 Å². The topological polar surface area (TPSA) is 78.5 Å². The van der Waals surface area contributed by atoms with Gasteiger partial charge in [-0.15, -0.1) is 11.3 Å². The Morgan fingerprint density at radius 3 is 2.79 bits per heavy atom. The number of hydrazine groups is 1. The number of thiophene rings is 1. The van der Waals surface area contributed by atoms with Gasteiger partial charge in [-0.2, -0.15) is 0 Å². The summed E-state index contributed by atoms with van der Waals surface area (Å²) in [5.74, 6) is -0.826. The number of carbonyl (C=O) groups is 3. The first-order valence-electron chi connectivity index (χ1n) is 5.54. The zero-order valence-electron chi connectivity index (χ0n) is 9.67. The van der Waals surface area contributed by atoms with Crippen molar-refractivity contribution in [3.05, 3.63) is 35.2 Å². The standard InChI is InChI=1S/C12H9N3O3S/c16-10-6-15(12(18)13-10)14-11(17)9-5-7-3-1-2-4-8(7)19-9/h1-5H,6H2,(H,14,17)(H,13,16,18). The van der Waals surface area contributed by atoms with Crippen LogP contribution in [0.4, 0.5) is 4.79 Å². The van der Waals surface area contributed by atoms with E-state index in [0.717, 1.165) is 15.1 Å². The summed E-state index contributed by atoms with van der Waals surface area (Å²) in [5.41, 5.74) is 2.41. The van der Waals surface area contributed by atoms with Gasteiger partial charge < -0.3 is 0 Å². The second-order valence-electron chi connectivity index (χ2n) is 4.03. The molecule has 1 aliphatic heterocycles. The maximum atomic E-state index is 12.0. The van der Waals surface area contributed by atoms with E-state index in [-0.39, 0.29) is 6.54 Å². The number of benzene rings is 1. The summed E-state index contributed by atoms with van der Waals surface area (Å²) < 4.78 is 0.995. The van der Waals surface area contributed by atoms with Crippen LogP contribution in [-0.2, 0) is 4.79 Å². The molecule has 7 heteroatoms. The highest BCUT2D eigenvalue weighted by Gasteiger charge is 2.28. The lowest BCUT2D eigenvalue weighted by molar-refractivity contribution is -0.118. The molecule has 0 atom stereocenters. The minimum Gasteiger partial charge on any atom is -0.275 e. The van der Waals surface area contributed by atoms with Gasteiger partial charge in [0.1, 0.15) is 6.54 Å². The Balaban J connectivity index is 1.80. The van der Waals surface area contributed by atoms with E-state index in [0.29, 0.717) is 4.88 Å². The molecule has 2 aromatic rings. The number of urea groups is 1. The molecule has 0 aliphatic carbocycles. The summed E-state index contributed by atoms with van der Waals surface area (Å²) in [7, 11) is 0. The average Bonchev–Trinajstić information content (AvgIpc) is 2.93. The molecular formula is C12H9N3O3S. The fraction of sp³-hybridized carbons (Fsp3) is 0.0833. The molecule has 0 unspecified atom stereocenters. The number of hydrogen-bond donors (Lipinski definition) is 2. The summed E-state index contributed by atoms with van der Waals surface area (Å²) in [6, 6.07) is 8.76. The molecule has 0 bridgehead atoms. The van der Waals surface area contributed by atoms with Crippen molar-refractivity contribution < 1.29 is 14.4 Å². The highest BCUT2D eigenvalue weighted by Crippen LogP contribution is 2.25. The van der Waals surface area contributed by atoms with E-state index in [1.165, 1.54) is 11.3 Å². The number of nitrogens with zero attached hydrogens (tertiary/aromatic N) is 1. The van der Waals surface area contributed by atoms with Crippen molar-refractivity contribution in [2.75, 3.05) is 6.54 Å². The molecule has 1 aromatic heterocycles. The molecule has 96 valence electrons. The number of nitrogens with one attached hydrogen (secondary N) is 2. The van der Waals surface area contributed by atoms with Crippen molar-refractivity contribution in [3.8, 4) is 0 Å². The molecule has 19 heavy (non-hydrogen) atoms. The Morgan fingerprint density at radius 1 is 1.32 bits per heavy atom. The number of imide groups is 1. The molecule has 2 N–H and O–H groups in total. The average molecular weight is 275 g/mol. The Hall–Kier alpha value is -2.41. The fourth-order valence-electron chi connectivity index (χ4n) is 1.80. The molecule has 0 radical (unpaired) electrons. The van der Waals surface area contributed by atoms with Gasteiger partial charge in [-0.25, -0.2) is 9.80 Å². The van der Waals surface area contributed by atoms with Crippen molar-refractivity contribution in [1.82, 2.24) is 15.8 Å². The lowest BCUT2D eigenvalue weighted by atomic mass is 10.2. The zero-order chi connectivity index (χ0) is 13.4. The van der Waals surface area contributed by atoms with Crippen molar-refractivity contribution in [1.29, 1.82) is 0 Å². The molecule has 0 spiro atoms. The molecule has 6 nitrogen and oxygen atoms in total. The predicted molar refractivity (Wildman–Crippen MR) is 69.5 cm³/mol. The van der Waals surface area contributed by atoms with Crippen molar-refractivity contribution in [2.24, 2.45) is 0 Å². The lowest BCUT2D eigenvalue weighted by Crippen LogP contribution is -2.43. The van der Waals surface area contributed by atoms with E-state index in [9.17, 15) is 14.4 Å². The minimum absolute atomic E-state index is 0.157. The number of carbonyl (C=O) groups excluding carboxylic acids is 3. The Kier molecular flexibility index (Phi) is 2.68. The summed E-state index contributed by atoms with van der Waals surface area (Å²) in [4.78, 5) is 34.8. The molecule has 4 amide bonds. The van der Waals surface area contributed by atoms with Crippen LogP contribution in [0.5, 0.6) is 0 Å². The van der Waals surface area contributed by atoms with Gasteiger partial charge in [0.05, 0.1) is 4.88 Å². The first-order chi connectivity index (χ1) is 9.13. The first kappa shape index (κ1) is 11.7. The van der Waals surface area contributed by atoms with Crippen LogP contribution in [0.15, 0.2) is 30.3 Å². The van der Waals surface area contributed by atoms with Crippen LogP contribution in [0.3, 0.4) is 0 Å². The quantitative estimate of drug-likeness (QED) is 0.805. The largest absolute Gasteiger partial charge is 0.343 e. The van der Waals surface area contributed by atoms with Crippen LogP contribution >= 0.6 is 11.3 Å². The van der Waals surface area contributed by atoms with Crippen LogP contribution in [0.2, 0.25) is 0 Å². The van der Waals surface area contributed by atoms with Gasteiger partial charge in [-0.1, -0.05) is 18.2 Å². The van der Waals surface area contributed by atoms with E-state index < -0.39 is 17.8 Å². The van der Waals surface area contributed by atoms with Crippen LogP contribution in [0.25, 0.3) is 10.1 Å². The molecule has 1 aliphatic rings. The van der Waals surface area contributed by atoms with Gasteiger partial charge in [0, 0.05) is 4.70 Å². The second kappa shape index (κ2) is 4.36. The van der Waals surface area contributed by atoms with Crippen molar-refractivity contribution >= 4 is 39.3 Å². The van der Waals surface area contributed by atoms with Gasteiger partial charge in [0.2, 0.25) is 5.91 Å². The Morgan fingerprint density at radius 2 is 2.11 bits per heavy atom. The fourth-order valence-corrected chi connectivity index (χ4v) is 2.76. The maximum Gasteiger partial charge on any atom is 0.343 e. The molecule has 1 fully saturated rings. The number of amides is 4. The number of fused-ring (bicyclic) bond motifs is 1. The van der Waals surface area contributed by atoms with Crippen molar-refractivity contribution in [2.45, 2.75) is 0 Å². The normalized spacial score (nSPS) is 14.8. The van der Waals surface area contributed by atoms with Crippen LogP contribution in [0.1, 0.15) is 9.67 Å². The second-order valence-corrected chi connectivity index (χ2v) is 5.11. The van der Waals surface area contributed by atoms with E-state index in [1.807, 2.05) is 24.3 Å². The molecule has 1 aromatic carbocycles. The van der Waals surface area contributed by atoms with Gasteiger partial charge in [-0.05, 0) is 17.5 Å². The van der Waals surface area contributed by atoms with E-state index >= 15 is 0 Å². The molecule has 0 saturated carbocycles. The third-order valence-corrected chi connectivity index (χ3v) is 3.79. The first-order valence-corrected chi connectivity index (χ1v) is 6.36. The molecule has 1 saturated heterocycles. The van der Waals surface area contributed by atoms with E-state index in [4.69, 9.17) is 0 Å². The third-order valence-electron chi connectivity index (χ3n) is 2.68. The Labute approximate surface area is 112 Å². The predicted octanol–water partition coefficient (Wildman–Crippen LogP) is 1.10. The molecule has 3 rings (SSSR count). The summed E-state index contributed by atoms with van der Waals surface area (Å²) in [6.07, 6.45) is 0. The summed E-state index contributed by atoms with van der Waals surface area (Å²) in [6.45, 7) is -0.157. The molecule has 2 heterocycles. The van der Waals surface area contributed by atoms with E-state index in [2.05, 4.69) is 10.7 Å². The number of hydrogen-bond acceptors (Lipinski definition) is 4. The van der Waals surface area contributed by atoms with Gasteiger partial charge in [-0.3, -0.25) is 20.3 Å². The highest BCUT2D eigenvalue weighted by atomic mass is 32.1. The highest BCUT2D eigenvalue weighted by molar-refractivity contribution is 7.20. The van der Waals surface area contributed by atoms with Gasteiger partial charge in [0.15, 0.2) is 0 Å². The minimum atomic E-state index is -0.612. The zero-order valence-corrected chi connectivity index (χ0v) is 10.5. The number of rotatable bonds is 2.